The van der Waals surface area contributed by atoms with Crippen LogP contribution in [0.2, 0.25) is 0 Å². The molecule has 130 valence electrons. The molecule has 2 nitrogen and oxygen atoms in total. The lowest BCUT2D eigenvalue weighted by Crippen LogP contribution is -2.28. The van der Waals surface area contributed by atoms with Gasteiger partial charge in [0.15, 0.2) is 0 Å². The van der Waals surface area contributed by atoms with Crippen molar-refractivity contribution in [3.63, 3.8) is 0 Å². The number of allylic oxidation sites excluding steroid dienone is 3. The van der Waals surface area contributed by atoms with Crippen molar-refractivity contribution in [1.29, 1.82) is 0 Å². The monoisotopic (exact) mass is 324 g/mol. The molecule has 0 radical (unpaired) electrons. The summed E-state index contributed by atoms with van der Waals surface area (Å²) < 4.78 is 0. The molecule has 0 amide bonds. The van der Waals surface area contributed by atoms with Crippen molar-refractivity contribution >= 4 is 0 Å². The molecule has 24 heavy (non-hydrogen) atoms. The third-order valence-electron chi connectivity index (χ3n) is 6.69. The van der Waals surface area contributed by atoms with Crippen molar-refractivity contribution in [1.82, 2.24) is 10.2 Å². The molecule has 1 saturated carbocycles. The standard InChI is InChI=1S/C22H32N2/c1-2-7-19(21-9-5-8-20-16-23-17-22(20)21)11-10-18(6-1)12-15-24-13-3-4-14-24/h10-11,20-23H,3-9,12-17H2/b18-10+,19-11+/t20-,21?,22?/m0/s1. The van der Waals surface area contributed by atoms with Crippen LogP contribution in [0.1, 0.15) is 51.4 Å². The Bertz CT molecular complexity index is 556. The summed E-state index contributed by atoms with van der Waals surface area (Å²) in [4.78, 5) is 2.62. The fourth-order valence-corrected chi connectivity index (χ4v) is 5.23. The minimum absolute atomic E-state index is 0.780. The van der Waals surface area contributed by atoms with E-state index in [1.54, 1.807) is 11.1 Å². The SMILES string of the molecule is C1#CC/C(C2CCC[C@H]3CNCC23)=C\C=C(\CCN2CCCC2)C1. The van der Waals surface area contributed by atoms with E-state index in [0.29, 0.717) is 0 Å². The van der Waals surface area contributed by atoms with Crippen LogP contribution in [0.15, 0.2) is 23.3 Å². The summed E-state index contributed by atoms with van der Waals surface area (Å²) in [5, 5.41) is 3.64. The van der Waals surface area contributed by atoms with Gasteiger partial charge in [-0.15, -0.1) is 0 Å². The number of rotatable bonds is 4. The Kier molecular flexibility index (Phi) is 5.40. The highest BCUT2D eigenvalue weighted by Gasteiger charge is 2.37. The van der Waals surface area contributed by atoms with Crippen LogP contribution in [0.3, 0.4) is 0 Å². The van der Waals surface area contributed by atoms with E-state index in [-0.39, 0.29) is 0 Å². The summed E-state index contributed by atoms with van der Waals surface area (Å²) in [6.07, 6.45) is 15.1. The third-order valence-corrected chi connectivity index (χ3v) is 6.69. The van der Waals surface area contributed by atoms with Gasteiger partial charge in [0.2, 0.25) is 0 Å². The quantitative estimate of drug-likeness (QED) is 0.792. The van der Waals surface area contributed by atoms with Crippen LogP contribution >= 0.6 is 0 Å². The van der Waals surface area contributed by atoms with Gasteiger partial charge in [0, 0.05) is 19.4 Å². The topological polar surface area (TPSA) is 15.3 Å². The molecular formula is C22H32N2. The Morgan fingerprint density at radius 3 is 2.79 bits per heavy atom. The maximum absolute atomic E-state index is 3.64. The molecule has 0 aromatic heterocycles. The van der Waals surface area contributed by atoms with Gasteiger partial charge < -0.3 is 10.2 Å². The second-order valence-corrected chi connectivity index (χ2v) is 8.19. The van der Waals surface area contributed by atoms with E-state index in [0.717, 1.165) is 30.6 Å². The Morgan fingerprint density at radius 1 is 1.00 bits per heavy atom. The van der Waals surface area contributed by atoms with E-state index in [4.69, 9.17) is 0 Å². The van der Waals surface area contributed by atoms with Crippen molar-refractivity contribution < 1.29 is 0 Å². The minimum Gasteiger partial charge on any atom is -0.316 e. The van der Waals surface area contributed by atoms with E-state index in [9.17, 15) is 0 Å². The molecule has 0 aromatic rings. The lowest BCUT2D eigenvalue weighted by Gasteiger charge is -2.34. The molecule has 2 aliphatic carbocycles. The fourth-order valence-electron chi connectivity index (χ4n) is 5.23. The van der Waals surface area contributed by atoms with E-state index in [1.807, 2.05) is 0 Å². The van der Waals surface area contributed by atoms with Crippen molar-refractivity contribution in [2.75, 3.05) is 32.7 Å². The fraction of sp³-hybridized carbons (Fsp3) is 0.727. The zero-order valence-electron chi connectivity index (χ0n) is 15.0. The Balaban J connectivity index is 1.43. The number of likely N-dealkylation sites (tertiary alicyclic amines) is 1. The van der Waals surface area contributed by atoms with Crippen LogP contribution in [0.4, 0.5) is 0 Å². The van der Waals surface area contributed by atoms with Crippen LogP contribution in [0.5, 0.6) is 0 Å². The molecule has 2 heteroatoms. The van der Waals surface area contributed by atoms with Gasteiger partial charge in [0.05, 0.1) is 0 Å². The van der Waals surface area contributed by atoms with Crippen molar-refractivity contribution in [2.24, 2.45) is 17.8 Å². The Morgan fingerprint density at radius 2 is 1.88 bits per heavy atom. The van der Waals surface area contributed by atoms with E-state index in [1.165, 1.54) is 71.2 Å². The molecule has 0 bridgehead atoms. The highest BCUT2D eigenvalue weighted by Crippen LogP contribution is 2.41. The molecule has 3 fully saturated rings. The molecule has 4 rings (SSSR count). The Hall–Kier alpha value is -1.04. The van der Waals surface area contributed by atoms with E-state index in [2.05, 4.69) is 34.2 Å². The van der Waals surface area contributed by atoms with Gasteiger partial charge >= 0.3 is 0 Å². The smallest absolute Gasteiger partial charge is 0.0305 e. The third kappa shape index (κ3) is 3.79. The molecular weight excluding hydrogens is 292 g/mol. The average molecular weight is 325 g/mol. The normalized spacial score (nSPS) is 38.1. The maximum atomic E-state index is 3.64. The first-order chi connectivity index (χ1) is 11.9. The van der Waals surface area contributed by atoms with Gasteiger partial charge in [-0.3, -0.25) is 0 Å². The van der Waals surface area contributed by atoms with E-state index >= 15 is 0 Å². The van der Waals surface area contributed by atoms with Crippen molar-refractivity contribution in [2.45, 2.75) is 51.4 Å². The molecule has 4 aliphatic rings. The van der Waals surface area contributed by atoms with Crippen LogP contribution < -0.4 is 5.32 Å². The first-order valence-corrected chi connectivity index (χ1v) is 10.2. The first kappa shape index (κ1) is 16.4. The Labute approximate surface area is 147 Å². The summed E-state index contributed by atoms with van der Waals surface area (Å²) in [6.45, 7) is 6.31. The number of nitrogens with zero attached hydrogens (tertiary/aromatic N) is 1. The summed E-state index contributed by atoms with van der Waals surface area (Å²) >= 11 is 0. The van der Waals surface area contributed by atoms with Gasteiger partial charge in [-0.05, 0) is 76.0 Å². The zero-order chi connectivity index (χ0) is 16.2. The van der Waals surface area contributed by atoms with Gasteiger partial charge in [-0.2, -0.15) is 0 Å². The number of hydrogen-bond donors (Lipinski definition) is 1. The molecule has 2 saturated heterocycles. The second kappa shape index (κ2) is 7.89. The predicted molar refractivity (Wildman–Crippen MR) is 101 cm³/mol. The predicted octanol–water partition coefficient (Wildman–Crippen LogP) is 3.76. The van der Waals surface area contributed by atoms with Crippen LogP contribution in [-0.2, 0) is 0 Å². The number of hydrogen-bond acceptors (Lipinski definition) is 2. The van der Waals surface area contributed by atoms with Crippen molar-refractivity contribution in [3.8, 4) is 11.8 Å². The lowest BCUT2D eigenvalue weighted by atomic mass is 9.70. The summed E-state index contributed by atoms with van der Waals surface area (Å²) in [6, 6.07) is 0. The van der Waals surface area contributed by atoms with Crippen LogP contribution in [0.25, 0.3) is 0 Å². The van der Waals surface area contributed by atoms with E-state index < -0.39 is 0 Å². The van der Waals surface area contributed by atoms with Crippen LogP contribution in [0, 0.1) is 29.6 Å². The van der Waals surface area contributed by atoms with Crippen molar-refractivity contribution in [3.05, 3.63) is 23.3 Å². The summed E-state index contributed by atoms with van der Waals surface area (Å²) in [7, 11) is 0. The van der Waals surface area contributed by atoms with Crippen LogP contribution in [-0.4, -0.2) is 37.6 Å². The second-order valence-electron chi connectivity index (χ2n) is 8.19. The van der Waals surface area contributed by atoms with Gasteiger partial charge in [-0.1, -0.05) is 41.6 Å². The summed E-state index contributed by atoms with van der Waals surface area (Å²) in [5.41, 5.74) is 3.17. The molecule has 2 heterocycles. The molecule has 2 unspecified atom stereocenters. The highest BCUT2D eigenvalue weighted by molar-refractivity contribution is 5.30. The lowest BCUT2D eigenvalue weighted by molar-refractivity contribution is 0.227. The summed E-state index contributed by atoms with van der Waals surface area (Å²) in [5.74, 6) is 9.49. The minimum atomic E-state index is 0.780. The maximum Gasteiger partial charge on any atom is 0.0305 e. The van der Waals surface area contributed by atoms with Gasteiger partial charge in [-0.25, -0.2) is 0 Å². The molecule has 0 aromatic carbocycles. The molecule has 0 spiro atoms. The first-order valence-electron chi connectivity index (χ1n) is 10.2. The molecule has 1 N–H and O–H groups in total. The largest absolute Gasteiger partial charge is 0.316 e. The molecule has 2 aliphatic heterocycles. The zero-order valence-corrected chi connectivity index (χ0v) is 15.0. The average Bonchev–Trinajstić information content (AvgIpc) is 3.25. The van der Waals surface area contributed by atoms with Gasteiger partial charge in [0.1, 0.15) is 0 Å². The highest BCUT2D eigenvalue weighted by atomic mass is 15.1. The number of fused-ring (bicyclic) bond motifs is 1. The molecule has 3 atom stereocenters. The van der Waals surface area contributed by atoms with Gasteiger partial charge in [0.25, 0.3) is 0 Å². The number of nitrogens with one attached hydrogen (secondary N) is 1.